The Kier molecular flexibility index (Phi) is 4.27. The van der Waals surface area contributed by atoms with Gasteiger partial charge in [0, 0.05) is 21.9 Å². The largest absolute Gasteiger partial charge is 0.493 e. The molecule has 29 heavy (non-hydrogen) atoms. The molecule has 1 N–H and O–H groups in total. The van der Waals surface area contributed by atoms with E-state index in [4.69, 9.17) is 33.3 Å². The molecule has 0 radical (unpaired) electrons. The monoisotopic (exact) mass is 442 g/mol. The minimum Gasteiger partial charge on any atom is -0.493 e. The van der Waals surface area contributed by atoms with Gasteiger partial charge in [0.15, 0.2) is 15.5 Å². The van der Waals surface area contributed by atoms with Crippen molar-refractivity contribution in [3.63, 3.8) is 0 Å². The Balaban J connectivity index is 1.61. The molecule has 0 saturated carbocycles. The molecule has 1 amide bonds. The van der Waals surface area contributed by atoms with Crippen molar-refractivity contribution in [2.45, 2.75) is 0 Å². The average Bonchev–Trinajstić information content (AvgIpc) is 3.25. The highest BCUT2D eigenvalue weighted by molar-refractivity contribution is 7.73. The number of rotatable bonds is 2. The maximum Gasteiger partial charge on any atom is 0.277 e. The molecule has 2 aliphatic heterocycles. The minimum atomic E-state index is -0.409. The van der Waals surface area contributed by atoms with Gasteiger partial charge in [0.1, 0.15) is 0 Å². The van der Waals surface area contributed by atoms with Gasteiger partial charge < -0.3 is 14.6 Å². The number of fused-ring (bicyclic) bond motifs is 2. The van der Waals surface area contributed by atoms with Gasteiger partial charge in [0.2, 0.25) is 12.7 Å². The Morgan fingerprint density at radius 1 is 1.21 bits per heavy atom. The summed E-state index contributed by atoms with van der Waals surface area (Å²) in [5.41, 5.74) is 1.02. The summed E-state index contributed by atoms with van der Waals surface area (Å²) in [5.74, 6) is 0.716. The van der Waals surface area contributed by atoms with E-state index in [0.717, 1.165) is 5.22 Å². The van der Waals surface area contributed by atoms with Crippen LogP contribution in [0.2, 0.25) is 5.02 Å². The number of carbonyl (C=O) groups is 1. The molecule has 0 spiro atoms. The number of carbonyl (C=O) groups excluding carboxylic acids is 1. The van der Waals surface area contributed by atoms with Gasteiger partial charge in [0.25, 0.3) is 5.91 Å². The van der Waals surface area contributed by atoms with Crippen molar-refractivity contribution in [1.29, 1.82) is 0 Å². The maximum absolute atomic E-state index is 12.5. The van der Waals surface area contributed by atoms with Crippen molar-refractivity contribution < 1.29 is 19.4 Å². The summed E-state index contributed by atoms with van der Waals surface area (Å²) in [7, 11) is 0. The van der Waals surface area contributed by atoms with Crippen LogP contribution in [-0.4, -0.2) is 22.4 Å². The van der Waals surface area contributed by atoms with E-state index in [1.165, 1.54) is 15.9 Å². The first-order valence-corrected chi connectivity index (χ1v) is 10.1. The zero-order valence-corrected chi connectivity index (χ0v) is 17.0. The van der Waals surface area contributed by atoms with Crippen LogP contribution in [0.5, 0.6) is 17.4 Å². The number of amides is 1. The Morgan fingerprint density at radius 2 is 1.93 bits per heavy atom. The van der Waals surface area contributed by atoms with Crippen LogP contribution in [0.4, 0.5) is 0 Å². The van der Waals surface area contributed by atoms with Crippen molar-refractivity contribution in [3.8, 4) is 23.1 Å². The van der Waals surface area contributed by atoms with E-state index >= 15 is 0 Å². The zero-order valence-electron chi connectivity index (χ0n) is 14.6. The highest BCUT2D eigenvalue weighted by Gasteiger charge is 2.19. The molecule has 0 atom stereocenters. The first-order valence-electron chi connectivity index (χ1n) is 8.46. The Morgan fingerprint density at radius 3 is 2.69 bits per heavy atom. The molecule has 3 aromatic rings. The summed E-state index contributed by atoms with van der Waals surface area (Å²) in [6.45, 7) is 0.143. The fourth-order valence-corrected chi connectivity index (χ4v) is 4.53. The number of ether oxygens (including phenoxy) is 2. The van der Waals surface area contributed by atoms with Gasteiger partial charge in [-0.1, -0.05) is 11.6 Å². The summed E-state index contributed by atoms with van der Waals surface area (Å²) in [5, 5.41) is 12.5. The molecule has 0 fully saturated rings. The number of aromatic nitrogens is 1. The van der Waals surface area contributed by atoms with Crippen LogP contribution in [0.25, 0.3) is 17.8 Å². The number of halogens is 1. The number of nitrogens with zero attached hydrogens (tertiary/aromatic N) is 2. The van der Waals surface area contributed by atoms with Crippen molar-refractivity contribution in [1.82, 2.24) is 4.57 Å². The highest BCUT2D eigenvalue weighted by atomic mass is 35.5. The molecular formula is C20H11ClN2O4S2. The SMILES string of the molecule is O=C1N=c2cc3c(cc2=C/C1=C/c1sc(=S)n(-c2ccc(Cl)cc2)c1O)OCO3. The highest BCUT2D eigenvalue weighted by Crippen LogP contribution is 2.33. The van der Waals surface area contributed by atoms with Crippen LogP contribution in [-0.2, 0) is 4.79 Å². The predicted octanol–water partition coefficient (Wildman–Crippen LogP) is 3.38. The molecule has 0 bridgehead atoms. The van der Waals surface area contributed by atoms with Gasteiger partial charge in [-0.25, -0.2) is 4.99 Å². The third-order valence-corrected chi connectivity index (χ3v) is 6.05. The fourth-order valence-electron chi connectivity index (χ4n) is 3.10. The van der Waals surface area contributed by atoms with Gasteiger partial charge in [-0.05, 0) is 54.7 Å². The Hall–Kier alpha value is -2.94. The number of thiazole rings is 1. The summed E-state index contributed by atoms with van der Waals surface area (Å²) in [6, 6.07) is 10.4. The van der Waals surface area contributed by atoms with E-state index in [0.29, 0.717) is 42.0 Å². The lowest BCUT2D eigenvalue weighted by atomic mass is 10.1. The average molecular weight is 443 g/mol. The fraction of sp³-hybridized carbons (Fsp3) is 0.0500. The topological polar surface area (TPSA) is 73.1 Å². The minimum absolute atomic E-state index is 0.0486. The standard InChI is InChI=1S/C20H11ClN2O4S2/c21-12-1-3-13(4-2-12)23-19(25)17(29-20(23)28)7-11-5-10-6-15-16(27-9-26-15)8-14(10)22-18(11)24/h1-8,25H,9H2/b11-7-. The van der Waals surface area contributed by atoms with E-state index in [1.54, 1.807) is 48.6 Å². The van der Waals surface area contributed by atoms with E-state index < -0.39 is 5.91 Å². The smallest absolute Gasteiger partial charge is 0.277 e. The summed E-state index contributed by atoms with van der Waals surface area (Å²) < 4.78 is 12.7. The summed E-state index contributed by atoms with van der Waals surface area (Å²) in [4.78, 5) is 17.1. The second-order valence-corrected chi connectivity index (χ2v) is 8.41. The van der Waals surface area contributed by atoms with Crippen LogP contribution in [0, 0.1) is 3.95 Å². The Labute approximate surface area is 178 Å². The van der Waals surface area contributed by atoms with E-state index in [2.05, 4.69) is 4.99 Å². The molecule has 0 saturated heterocycles. The lowest BCUT2D eigenvalue weighted by Gasteiger charge is -2.06. The first-order chi connectivity index (χ1) is 14.0. The van der Waals surface area contributed by atoms with Crippen LogP contribution in [0.15, 0.2) is 47.0 Å². The molecule has 0 aliphatic carbocycles. The number of benzene rings is 2. The van der Waals surface area contributed by atoms with Crippen molar-refractivity contribution in [2.24, 2.45) is 4.99 Å². The normalized spacial score (nSPS) is 15.8. The summed E-state index contributed by atoms with van der Waals surface area (Å²) in [6.07, 6.45) is 3.29. The van der Waals surface area contributed by atoms with Crippen molar-refractivity contribution in [2.75, 3.05) is 6.79 Å². The number of aromatic hydroxyl groups is 1. The van der Waals surface area contributed by atoms with Gasteiger partial charge in [-0.15, -0.1) is 11.3 Å². The Bertz CT molecular complexity index is 1390. The van der Waals surface area contributed by atoms with E-state index in [1.807, 2.05) is 0 Å². The quantitative estimate of drug-likeness (QED) is 0.486. The van der Waals surface area contributed by atoms with Gasteiger partial charge >= 0.3 is 0 Å². The maximum atomic E-state index is 12.5. The van der Waals surface area contributed by atoms with Crippen LogP contribution in [0.3, 0.4) is 0 Å². The molecule has 0 unspecified atom stereocenters. The van der Waals surface area contributed by atoms with Crippen molar-refractivity contribution in [3.05, 3.63) is 66.4 Å². The van der Waals surface area contributed by atoms with Gasteiger partial charge in [-0.3, -0.25) is 9.36 Å². The molecule has 2 aromatic carbocycles. The summed E-state index contributed by atoms with van der Waals surface area (Å²) >= 11 is 12.5. The second-order valence-electron chi connectivity index (χ2n) is 6.29. The molecular weight excluding hydrogens is 432 g/mol. The number of hydrogen-bond donors (Lipinski definition) is 1. The molecule has 144 valence electrons. The lowest BCUT2D eigenvalue weighted by Crippen LogP contribution is -2.30. The van der Waals surface area contributed by atoms with E-state index in [9.17, 15) is 9.90 Å². The van der Waals surface area contributed by atoms with Crippen molar-refractivity contribution >= 4 is 53.2 Å². The third kappa shape index (κ3) is 3.15. The molecule has 9 heteroatoms. The molecule has 3 heterocycles. The molecule has 2 aliphatic rings. The second kappa shape index (κ2) is 6.84. The van der Waals surface area contributed by atoms with Crippen LogP contribution < -0.4 is 20.0 Å². The van der Waals surface area contributed by atoms with Gasteiger partial charge in [0.05, 0.1) is 15.9 Å². The molecule has 1 aromatic heterocycles. The van der Waals surface area contributed by atoms with Crippen LogP contribution in [0.1, 0.15) is 4.88 Å². The lowest BCUT2D eigenvalue weighted by molar-refractivity contribution is -0.114. The zero-order chi connectivity index (χ0) is 20.1. The predicted molar refractivity (Wildman–Crippen MR) is 112 cm³/mol. The van der Waals surface area contributed by atoms with Gasteiger partial charge in [-0.2, -0.15) is 0 Å². The number of hydrogen-bond acceptors (Lipinski definition) is 6. The van der Waals surface area contributed by atoms with Crippen LogP contribution >= 0.6 is 35.2 Å². The van der Waals surface area contributed by atoms with E-state index in [-0.39, 0.29) is 12.7 Å². The first kappa shape index (κ1) is 18.1. The molecule has 5 rings (SSSR count). The third-order valence-electron chi connectivity index (χ3n) is 4.49. The molecule has 6 nitrogen and oxygen atoms in total.